The van der Waals surface area contributed by atoms with Gasteiger partial charge in [0.2, 0.25) is 6.79 Å². The van der Waals surface area contributed by atoms with Gasteiger partial charge in [-0.2, -0.15) is 5.10 Å². The highest BCUT2D eigenvalue weighted by molar-refractivity contribution is 9.10. The third-order valence-corrected chi connectivity index (χ3v) is 7.15. The van der Waals surface area contributed by atoms with Gasteiger partial charge >= 0.3 is 0 Å². The highest BCUT2D eigenvalue weighted by Crippen LogP contribution is 2.38. The molecule has 12 heteroatoms. The molecule has 1 unspecified atom stereocenters. The average molecular weight is 665 g/mol. The molecule has 0 radical (unpaired) electrons. The van der Waals surface area contributed by atoms with Crippen molar-refractivity contribution in [3.8, 4) is 23.0 Å². The summed E-state index contributed by atoms with van der Waals surface area (Å²) < 4.78 is 23.0. The molecule has 4 rings (SSSR count). The van der Waals surface area contributed by atoms with Crippen LogP contribution >= 0.6 is 39.1 Å². The van der Waals surface area contributed by atoms with Crippen molar-refractivity contribution in [2.75, 3.05) is 13.4 Å². The summed E-state index contributed by atoms with van der Waals surface area (Å²) in [7, 11) is 0. The van der Waals surface area contributed by atoms with Gasteiger partial charge in [0.05, 0.1) is 17.3 Å². The van der Waals surface area contributed by atoms with Crippen molar-refractivity contribution in [3.05, 3.63) is 79.7 Å². The SMILES string of the molecule is CCOc1cc(/C=N/NC(=O)C(NC(=O)c2ccc3c(c2)OCO3)C(C)C)cc(Br)c1OCc1ccc(Cl)cc1Cl. The molecule has 3 aromatic rings. The summed E-state index contributed by atoms with van der Waals surface area (Å²) in [5.41, 5.74) is 4.27. The molecule has 2 N–H and O–H groups in total. The standard InChI is InChI=1S/C29H28BrCl2N3O6/c1-4-38-25-10-17(9-21(30)27(25)39-14-19-5-7-20(31)12-22(19)32)13-33-35-29(37)26(16(2)3)34-28(36)18-6-8-23-24(11-18)41-15-40-23/h5-13,16,26H,4,14-15H2,1-3H3,(H,34,36)(H,35,37)/b33-13+. The fourth-order valence-electron chi connectivity index (χ4n) is 3.89. The highest BCUT2D eigenvalue weighted by Gasteiger charge is 2.25. The fourth-order valence-corrected chi connectivity index (χ4v) is 4.93. The Kier molecular flexibility index (Phi) is 10.4. The van der Waals surface area contributed by atoms with Crippen LogP contribution in [-0.2, 0) is 11.4 Å². The lowest BCUT2D eigenvalue weighted by atomic mass is 10.0. The molecule has 1 aliphatic rings. The van der Waals surface area contributed by atoms with E-state index in [0.29, 0.717) is 55.2 Å². The molecule has 3 aromatic carbocycles. The van der Waals surface area contributed by atoms with Gasteiger partial charge in [-0.05, 0) is 76.8 Å². The summed E-state index contributed by atoms with van der Waals surface area (Å²) in [6.07, 6.45) is 1.47. The number of carbonyl (C=O) groups is 2. The maximum Gasteiger partial charge on any atom is 0.262 e. The van der Waals surface area contributed by atoms with Crippen LogP contribution in [0.15, 0.2) is 58.1 Å². The van der Waals surface area contributed by atoms with Crippen molar-refractivity contribution >= 4 is 57.2 Å². The summed E-state index contributed by atoms with van der Waals surface area (Å²) in [5, 5.41) is 7.90. The number of rotatable bonds is 11. The van der Waals surface area contributed by atoms with E-state index in [1.54, 1.807) is 48.5 Å². The Bertz CT molecular complexity index is 1470. The molecule has 1 aliphatic heterocycles. The molecule has 1 heterocycles. The lowest BCUT2D eigenvalue weighted by Crippen LogP contribution is -2.48. The van der Waals surface area contributed by atoms with Crippen LogP contribution in [0.5, 0.6) is 23.0 Å². The molecule has 0 aromatic heterocycles. The predicted molar refractivity (Wildman–Crippen MR) is 160 cm³/mol. The maximum atomic E-state index is 12.9. The first kappa shape index (κ1) is 30.5. The topological polar surface area (TPSA) is 107 Å². The van der Waals surface area contributed by atoms with E-state index in [0.717, 1.165) is 5.56 Å². The van der Waals surface area contributed by atoms with Crippen molar-refractivity contribution < 1.29 is 28.5 Å². The van der Waals surface area contributed by atoms with Gasteiger partial charge in [-0.1, -0.05) is 43.1 Å². The van der Waals surface area contributed by atoms with Crippen molar-refractivity contribution in [2.24, 2.45) is 11.0 Å². The average Bonchev–Trinajstić information content (AvgIpc) is 3.40. The van der Waals surface area contributed by atoms with Crippen LogP contribution in [-0.4, -0.2) is 37.5 Å². The zero-order chi connectivity index (χ0) is 29.5. The van der Waals surface area contributed by atoms with Crippen LogP contribution in [0, 0.1) is 5.92 Å². The van der Waals surface area contributed by atoms with Crippen LogP contribution in [0.4, 0.5) is 0 Å². The number of benzene rings is 3. The second-order valence-corrected chi connectivity index (χ2v) is 11.0. The molecule has 0 bridgehead atoms. The Morgan fingerprint density at radius 3 is 2.59 bits per heavy atom. The predicted octanol–water partition coefficient (Wildman–Crippen LogP) is 6.37. The molecule has 0 aliphatic carbocycles. The van der Waals surface area contributed by atoms with Crippen molar-refractivity contribution in [2.45, 2.75) is 33.4 Å². The number of nitrogens with zero attached hydrogens (tertiary/aromatic N) is 1. The molecule has 9 nitrogen and oxygen atoms in total. The van der Waals surface area contributed by atoms with E-state index < -0.39 is 17.9 Å². The van der Waals surface area contributed by atoms with Crippen LogP contribution in [0.25, 0.3) is 0 Å². The largest absolute Gasteiger partial charge is 0.490 e. The molecule has 0 saturated heterocycles. The summed E-state index contributed by atoms with van der Waals surface area (Å²) in [4.78, 5) is 25.8. The van der Waals surface area contributed by atoms with Crippen LogP contribution in [0.3, 0.4) is 0 Å². The summed E-state index contributed by atoms with van der Waals surface area (Å²) in [6, 6.07) is 12.7. The lowest BCUT2D eigenvalue weighted by Gasteiger charge is -2.20. The van der Waals surface area contributed by atoms with Crippen LogP contribution in [0.2, 0.25) is 10.0 Å². The number of ether oxygens (including phenoxy) is 4. The van der Waals surface area contributed by atoms with Gasteiger partial charge in [-0.15, -0.1) is 0 Å². The Balaban J connectivity index is 1.42. The van der Waals surface area contributed by atoms with Gasteiger partial charge in [-0.3, -0.25) is 9.59 Å². The summed E-state index contributed by atoms with van der Waals surface area (Å²) >= 11 is 15.8. The number of carbonyl (C=O) groups excluding carboxylic acids is 2. The third-order valence-electron chi connectivity index (χ3n) is 5.98. The van der Waals surface area contributed by atoms with Crippen molar-refractivity contribution in [1.82, 2.24) is 10.7 Å². The number of hydrogen-bond donors (Lipinski definition) is 2. The van der Waals surface area contributed by atoms with Gasteiger partial charge in [0.15, 0.2) is 23.0 Å². The monoisotopic (exact) mass is 663 g/mol. The van der Waals surface area contributed by atoms with Gasteiger partial charge in [0.1, 0.15) is 12.6 Å². The zero-order valence-electron chi connectivity index (χ0n) is 22.5. The molecular formula is C29H28BrCl2N3O6. The van der Waals surface area contributed by atoms with Crippen LogP contribution in [0.1, 0.15) is 42.3 Å². The van der Waals surface area contributed by atoms with E-state index in [1.807, 2.05) is 20.8 Å². The first-order valence-corrected chi connectivity index (χ1v) is 14.3. The second-order valence-electron chi connectivity index (χ2n) is 9.28. The van der Waals surface area contributed by atoms with E-state index in [4.69, 9.17) is 42.1 Å². The Labute approximate surface area is 256 Å². The number of hydrogen-bond acceptors (Lipinski definition) is 7. The minimum absolute atomic E-state index is 0.103. The molecular weight excluding hydrogens is 637 g/mol. The molecule has 0 fully saturated rings. The smallest absolute Gasteiger partial charge is 0.262 e. The minimum Gasteiger partial charge on any atom is -0.490 e. The summed E-state index contributed by atoms with van der Waals surface area (Å²) in [5.74, 6) is 0.943. The maximum absolute atomic E-state index is 12.9. The Morgan fingerprint density at radius 1 is 1.07 bits per heavy atom. The molecule has 0 saturated carbocycles. The van der Waals surface area contributed by atoms with E-state index in [9.17, 15) is 9.59 Å². The van der Waals surface area contributed by atoms with E-state index in [-0.39, 0.29) is 19.3 Å². The first-order valence-electron chi connectivity index (χ1n) is 12.7. The van der Waals surface area contributed by atoms with E-state index >= 15 is 0 Å². The Morgan fingerprint density at radius 2 is 1.85 bits per heavy atom. The quantitative estimate of drug-likeness (QED) is 0.182. The van der Waals surface area contributed by atoms with E-state index in [1.165, 1.54) is 6.21 Å². The van der Waals surface area contributed by atoms with Gasteiger partial charge < -0.3 is 24.3 Å². The van der Waals surface area contributed by atoms with Crippen molar-refractivity contribution in [1.29, 1.82) is 0 Å². The normalized spacial score (nSPS) is 12.9. The molecule has 0 spiro atoms. The second kappa shape index (κ2) is 13.9. The van der Waals surface area contributed by atoms with E-state index in [2.05, 4.69) is 31.8 Å². The first-order chi connectivity index (χ1) is 19.7. The third kappa shape index (κ3) is 7.84. The highest BCUT2D eigenvalue weighted by atomic mass is 79.9. The number of amides is 2. The summed E-state index contributed by atoms with van der Waals surface area (Å²) in [6.45, 7) is 6.23. The van der Waals surface area contributed by atoms with Crippen LogP contribution < -0.4 is 29.7 Å². The molecule has 1 atom stereocenters. The van der Waals surface area contributed by atoms with Gasteiger partial charge in [0, 0.05) is 21.2 Å². The lowest BCUT2D eigenvalue weighted by molar-refractivity contribution is -0.123. The minimum atomic E-state index is -0.828. The van der Waals surface area contributed by atoms with Gasteiger partial charge in [0.25, 0.3) is 11.8 Å². The number of fused-ring (bicyclic) bond motifs is 1. The number of hydrazone groups is 1. The Hall–Kier alpha value is -3.47. The van der Waals surface area contributed by atoms with Crippen molar-refractivity contribution in [3.63, 3.8) is 0 Å². The molecule has 216 valence electrons. The fraction of sp³-hybridized carbons (Fsp3) is 0.276. The molecule has 2 amide bonds. The van der Waals surface area contributed by atoms with Gasteiger partial charge in [-0.25, -0.2) is 5.43 Å². The number of nitrogens with one attached hydrogen (secondary N) is 2. The number of halogens is 3. The zero-order valence-corrected chi connectivity index (χ0v) is 25.6. The molecule has 41 heavy (non-hydrogen) atoms.